The molecule has 0 aliphatic rings. The van der Waals surface area contributed by atoms with Gasteiger partial charge in [-0.1, -0.05) is 18.2 Å². The Morgan fingerprint density at radius 1 is 1.22 bits per heavy atom. The molecule has 1 N–H and O–H groups in total. The van der Waals surface area contributed by atoms with Crippen molar-refractivity contribution >= 4 is 27.3 Å². The fraction of sp³-hybridized carbons (Fsp3) is 0.312. The zero-order valence-electron chi connectivity index (χ0n) is 13.2. The number of hydrogen-bond donors (Lipinski definition) is 1. The molecule has 0 saturated carbocycles. The second kappa shape index (κ2) is 7.72. The predicted octanol–water partition coefficient (Wildman–Crippen LogP) is 2.25. The van der Waals surface area contributed by atoms with Crippen molar-refractivity contribution in [3.05, 3.63) is 52.2 Å². The Morgan fingerprint density at radius 2 is 1.96 bits per heavy atom. The van der Waals surface area contributed by atoms with Crippen LogP contribution in [0.25, 0.3) is 0 Å². The van der Waals surface area contributed by atoms with Crippen LogP contribution in [-0.2, 0) is 27.8 Å². The van der Waals surface area contributed by atoms with Crippen LogP contribution in [0.2, 0.25) is 0 Å². The maximum atomic E-state index is 12.3. The van der Waals surface area contributed by atoms with Gasteiger partial charge >= 0.3 is 0 Å². The normalized spacial score (nSPS) is 11.6. The Bertz CT molecular complexity index is 753. The third-order valence-electron chi connectivity index (χ3n) is 3.43. The van der Waals surface area contributed by atoms with E-state index in [9.17, 15) is 13.2 Å². The summed E-state index contributed by atoms with van der Waals surface area (Å²) in [4.78, 5) is 12.2. The van der Waals surface area contributed by atoms with Crippen LogP contribution < -0.4 is 5.32 Å². The number of thiophene rings is 1. The minimum atomic E-state index is -3.52. The Balaban J connectivity index is 1.99. The van der Waals surface area contributed by atoms with E-state index in [0.717, 1.165) is 5.56 Å². The number of hydrogen-bond acceptors (Lipinski definition) is 4. The first kappa shape index (κ1) is 17.7. The highest BCUT2D eigenvalue weighted by molar-refractivity contribution is 7.89. The van der Waals surface area contributed by atoms with Gasteiger partial charge in [-0.3, -0.25) is 4.79 Å². The highest BCUT2D eigenvalue weighted by atomic mass is 32.2. The number of benzene rings is 1. The van der Waals surface area contributed by atoms with Crippen LogP contribution in [0.4, 0.5) is 0 Å². The van der Waals surface area contributed by atoms with E-state index in [1.165, 1.54) is 18.4 Å². The largest absolute Gasteiger partial charge is 0.352 e. The van der Waals surface area contributed by atoms with Gasteiger partial charge in [0.15, 0.2) is 0 Å². The van der Waals surface area contributed by atoms with Crippen molar-refractivity contribution in [2.75, 3.05) is 14.1 Å². The molecule has 0 spiro atoms. The highest BCUT2D eigenvalue weighted by Gasteiger charge is 2.20. The molecule has 1 aromatic carbocycles. The van der Waals surface area contributed by atoms with Crippen LogP contribution in [0, 0.1) is 0 Å². The molecule has 0 fully saturated rings. The lowest BCUT2D eigenvalue weighted by atomic mass is 10.2. The van der Waals surface area contributed by atoms with Crippen LogP contribution in [-0.4, -0.2) is 32.7 Å². The Morgan fingerprint density at radius 3 is 2.61 bits per heavy atom. The summed E-state index contributed by atoms with van der Waals surface area (Å²) < 4.78 is 25.8. The van der Waals surface area contributed by atoms with Gasteiger partial charge in [-0.25, -0.2) is 12.7 Å². The molecule has 1 amide bonds. The van der Waals surface area contributed by atoms with Crippen LogP contribution in [0.5, 0.6) is 0 Å². The smallest absolute Gasteiger partial charge is 0.242 e. The van der Waals surface area contributed by atoms with Gasteiger partial charge in [0.25, 0.3) is 0 Å². The molecule has 2 aromatic rings. The first-order valence-electron chi connectivity index (χ1n) is 7.19. The lowest BCUT2D eigenvalue weighted by Crippen LogP contribution is -2.27. The molecular weight excluding hydrogens is 332 g/mol. The molecule has 124 valence electrons. The van der Waals surface area contributed by atoms with Crippen LogP contribution >= 0.6 is 11.3 Å². The monoisotopic (exact) mass is 352 g/mol. The Hall–Kier alpha value is -1.70. The average molecular weight is 352 g/mol. The van der Waals surface area contributed by atoms with Gasteiger partial charge in [0.1, 0.15) is 0 Å². The molecule has 0 atom stereocenters. The van der Waals surface area contributed by atoms with Gasteiger partial charge in [-0.15, -0.1) is 0 Å². The maximum absolute atomic E-state index is 12.3. The molecule has 1 aromatic heterocycles. The lowest BCUT2D eigenvalue weighted by Gasteiger charge is -2.15. The third-order valence-corrected chi connectivity index (χ3v) is 6.08. The summed E-state index contributed by atoms with van der Waals surface area (Å²) in [5.74, 6) is -0.0896. The van der Waals surface area contributed by atoms with Gasteiger partial charge in [0, 0.05) is 27.1 Å². The number of carbonyl (C=O) groups is 1. The minimum absolute atomic E-state index is 0.0896. The van der Waals surface area contributed by atoms with E-state index >= 15 is 0 Å². The molecule has 0 saturated heterocycles. The van der Waals surface area contributed by atoms with Crippen molar-refractivity contribution in [3.8, 4) is 0 Å². The summed E-state index contributed by atoms with van der Waals surface area (Å²) in [6.45, 7) is 0.200. The highest BCUT2D eigenvalue weighted by Crippen LogP contribution is 2.18. The number of sulfonamides is 1. The number of aryl methyl sites for hydroxylation is 1. The third kappa shape index (κ3) is 4.63. The van der Waals surface area contributed by atoms with E-state index in [1.807, 2.05) is 16.8 Å². The summed E-state index contributed by atoms with van der Waals surface area (Å²) in [5, 5.41) is 6.80. The van der Waals surface area contributed by atoms with E-state index in [2.05, 4.69) is 5.32 Å². The second-order valence-corrected chi connectivity index (χ2v) is 8.20. The topological polar surface area (TPSA) is 66.5 Å². The number of nitrogens with one attached hydrogen (secondary N) is 1. The van der Waals surface area contributed by atoms with Crippen molar-refractivity contribution in [1.82, 2.24) is 9.62 Å². The summed E-state index contributed by atoms with van der Waals surface area (Å²) >= 11 is 1.61. The zero-order valence-corrected chi connectivity index (χ0v) is 14.8. The molecular formula is C16H20N2O3S2. The molecule has 0 aliphatic carbocycles. The first-order chi connectivity index (χ1) is 10.9. The fourth-order valence-electron chi connectivity index (χ4n) is 2.07. The summed E-state index contributed by atoms with van der Waals surface area (Å²) in [6.07, 6.45) is 1.08. The maximum Gasteiger partial charge on any atom is 0.242 e. The first-order valence-corrected chi connectivity index (χ1v) is 9.58. The van der Waals surface area contributed by atoms with Crippen LogP contribution in [0.1, 0.15) is 17.5 Å². The number of amides is 1. The summed E-state index contributed by atoms with van der Waals surface area (Å²) in [6, 6.07) is 8.72. The van der Waals surface area contributed by atoms with Gasteiger partial charge in [-0.05, 0) is 40.4 Å². The molecule has 7 heteroatoms. The van der Waals surface area contributed by atoms with Gasteiger partial charge in [0.2, 0.25) is 15.9 Å². The Labute approximate surface area is 141 Å². The van der Waals surface area contributed by atoms with Crippen molar-refractivity contribution in [1.29, 1.82) is 0 Å². The molecule has 5 nitrogen and oxygen atoms in total. The van der Waals surface area contributed by atoms with Gasteiger partial charge in [-0.2, -0.15) is 11.3 Å². The molecule has 23 heavy (non-hydrogen) atoms. The summed E-state index contributed by atoms with van der Waals surface area (Å²) in [7, 11) is -0.537. The van der Waals surface area contributed by atoms with E-state index in [1.54, 1.807) is 35.6 Å². The van der Waals surface area contributed by atoms with Crippen LogP contribution in [0.15, 0.2) is 46.0 Å². The van der Waals surface area contributed by atoms with Crippen molar-refractivity contribution in [2.24, 2.45) is 0 Å². The van der Waals surface area contributed by atoms with E-state index < -0.39 is 10.0 Å². The zero-order chi connectivity index (χ0) is 16.9. The molecule has 0 radical (unpaired) electrons. The second-order valence-electron chi connectivity index (χ2n) is 5.30. The average Bonchev–Trinajstić information content (AvgIpc) is 3.04. The van der Waals surface area contributed by atoms with Crippen LogP contribution in [0.3, 0.4) is 0 Å². The Kier molecular flexibility index (Phi) is 5.92. The van der Waals surface area contributed by atoms with Gasteiger partial charge < -0.3 is 5.32 Å². The number of rotatable bonds is 7. The van der Waals surface area contributed by atoms with Crippen molar-refractivity contribution < 1.29 is 13.2 Å². The van der Waals surface area contributed by atoms with E-state index in [0.29, 0.717) is 18.4 Å². The number of nitrogens with zero attached hydrogens (tertiary/aromatic N) is 1. The van der Waals surface area contributed by atoms with E-state index in [4.69, 9.17) is 0 Å². The van der Waals surface area contributed by atoms with E-state index in [-0.39, 0.29) is 17.3 Å². The molecule has 0 unspecified atom stereocenters. The molecule has 0 bridgehead atoms. The SMILES string of the molecule is CN(C)S(=O)(=O)c1ccccc1CNC(=O)CCc1ccsc1. The molecule has 2 rings (SSSR count). The predicted molar refractivity (Wildman–Crippen MR) is 91.8 cm³/mol. The molecule has 1 heterocycles. The van der Waals surface area contributed by atoms with Crippen molar-refractivity contribution in [3.63, 3.8) is 0 Å². The molecule has 0 aliphatic heterocycles. The van der Waals surface area contributed by atoms with Gasteiger partial charge in [0.05, 0.1) is 4.90 Å². The fourth-order valence-corrected chi connectivity index (χ4v) is 3.89. The van der Waals surface area contributed by atoms with Crippen molar-refractivity contribution in [2.45, 2.75) is 24.3 Å². The summed E-state index contributed by atoms with van der Waals surface area (Å²) in [5.41, 5.74) is 1.73. The minimum Gasteiger partial charge on any atom is -0.352 e. The standard InChI is InChI=1S/C16H20N2O3S2/c1-18(2)23(20,21)15-6-4-3-5-14(15)11-17-16(19)8-7-13-9-10-22-12-13/h3-6,9-10,12H,7-8,11H2,1-2H3,(H,17,19). The number of carbonyl (C=O) groups excluding carboxylic acids is 1. The lowest BCUT2D eigenvalue weighted by molar-refractivity contribution is -0.121. The quantitative estimate of drug-likeness (QED) is 0.831.